The van der Waals surface area contributed by atoms with Gasteiger partial charge in [-0.3, -0.25) is 4.68 Å². The molecule has 16 heavy (non-hydrogen) atoms. The van der Waals surface area contributed by atoms with Crippen molar-refractivity contribution in [3.8, 4) is 0 Å². The van der Waals surface area contributed by atoms with Crippen LogP contribution in [0.5, 0.6) is 0 Å². The van der Waals surface area contributed by atoms with Crippen molar-refractivity contribution >= 4 is 9.84 Å². The smallest absolute Gasteiger partial charge is 0.265 e. The summed E-state index contributed by atoms with van der Waals surface area (Å²) in [6.07, 6.45) is -0.787. The average molecular weight is 250 g/mol. The first-order chi connectivity index (χ1) is 7.32. The van der Waals surface area contributed by atoms with Gasteiger partial charge in [0.25, 0.3) is 6.43 Å². The third-order valence-corrected chi connectivity index (χ3v) is 4.76. The molecule has 0 N–H and O–H groups in total. The largest absolute Gasteiger partial charge is 0.282 e. The molecule has 2 heterocycles. The molecule has 1 saturated heterocycles. The van der Waals surface area contributed by atoms with Gasteiger partial charge in [0, 0.05) is 6.20 Å². The van der Waals surface area contributed by atoms with Crippen molar-refractivity contribution < 1.29 is 17.2 Å². The van der Waals surface area contributed by atoms with E-state index < -0.39 is 21.8 Å². The number of rotatable bonds is 2. The van der Waals surface area contributed by atoms with Crippen molar-refractivity contribution in [2.45, 2.75) is 25.3 Å². The van der Waals surface area contributed by atoms with Crippen LogP contribution in [0.3, 0.4) is 0 Å². The molecule has 0 saturated carbocycles. The number of alkyl halides is 2. The lowest BCUT2D eigenvalue weighted by atomic mass is 10.0. The highest BCUT2D eigenvalue weighted by Gasteiger charge is 2.40. The van der Waals surface area contributed by atoms with Crippen molar-refractivity contribution in [3.05, 3.63) is 18.0 Å². The van der Waals surface area contributed by atoms with Gasteiger partial charge in [-0.05, 0) is 19.4 Å². The topological polar surface area (TPSA) is 52.0 Å². The van der Waals surface area contributed by atoms with Crippen LogP contribution in [0.2, 0.25) is 0 Å². The van der Waals surface area contributed by atoms with Gasteiger partial charge in [-0.2, -0.15) is 5.10 Å². The number of hydrogen-bond donors (Lipinski definition) is 0. The van der Waals surface area contributed by atoms with Crippen molar-refractivity contribution in [1.29, 1.82) is 0 Å². The van der Waals surface area contributed by atoms with E-state index >= 15 is 0 Å². The van der Waals surface area contributed by atoms with Crippen LogP contribution in [0, 0.1) is 0 Å². The molecule has 1 aromatic rings. The zero-order valence-electron chi connectivity index (χ0n) is 8.73. The summed E-state index contributed by atoms with van der Waals surface area (Å²) >= 11 is 0. The monoisotopic (exact) mass is 250 g/mol. The molecule has 1 aliphatic rings. The maximum absolute atomic E-state index is 12.4. The highest BCUT2D eigenvalue weighted by atomic mass is 32.2. The average Bonchev–Trinajstić information content (AvgIpc) is 2.71. The minimum Gasteiger partial charge on any atom is -0.265 e. The fourth-order valence-corrected chi connectivity index (χ4v) is 4.05. The molecule has 0 amide bonds. The van der Waals surface area contributed by atoms with Gasteiger partial charge in [0.05, 0.1) is 17.0 Å². The molecule has 2 rings (SSSR count). The van der Waals surface area contributed by atoms with Gasteiger partial charge in [0.1, 0.15) is 5.69 Å². The molecule has 4 nitrogen and oxygen atoms in total. The fraction of sp³-hybridized carbons (Fsp3) is 0.667. The van der Waals surface area contributed by atoms with E-state index in [1.54, 1.807) is 6.92 Å². The van der Waals surface area contributed by atoms with E-state index in [9.17, 15) is 17.2 Å². The molecular formula is C9H12F2N2O2S. The zero-order valence-corrected chi connectivity index (χ0v) is 9.54. The van der Waals surface area contributed by atoms with E-state index in [1.165, 1.54) is 16.9 Å². The predicted molar refractivity (Wildman–Crippen MR) is 54.1 cm³/mol. The number of aromatic nitrogens is 2. The number of sulfone groups is 1. The summed E-state index contributed by atoms with van der Waals surface area (Å²) in [5, 5.41) is 3.73. The molecule has 0 bridgehead atoms. The second kappa shape index (κ2) is 3.51. The molecule has 7 heteroatoms. The van der Waals surface area contributed by atoms with Crippen LogP contribution in [-0.2, 0) is 15.4 Å². The molecule has 1 atom stereocenters. The Balaban J connectivity index is 2.31. The number of hydrogen-bond acceptors (Lipinski definition) is 3. The minimum atomic E-state index is -3.06. The van der Waals surface area contributed by atoms with E-state index in [4.69, 9.17) is 0 Å². The molecular weight excluding hydrogens is 238 g/mol. The highest BCUT2D eigenvalue weighted by molar-refractivity contribution is 7.91. The Kier molecular flexibility index (Phi) is 2.52. The SMILES string of the molecule is CC1(n2ccc(C(F)F)n2)CCS(=O)(=O)C1. The standard InChI is InChI=1S/C9H12F2N2O2S/c1-9(3-5-16(14,15)6-9)13-4-2-7(12-13)8(10)11/h2,4,8H,3,5-6H2,1H3. The van der Waals surface area contributed by atoms with Gasteiger partial charge in [0.15, 0.2) is 9.84 Å². The summed E-state index contributed by atoms with van der Waals surface area (Å²) in [6, 6.07) is 1.22. The summed E-state index contributed by atoms with van der Waals surface area (Å²) in [4.78, 5) is 0. The maximum Gasteiger partial charge on any atom is 0.282 e. The van der Waals surface area contributed by atoms with E-state index in [2.05, 4.69) is 5.10 Å². The second-order valence-electron chi connectivity index (χ2n) is 4.32. The highest BCUT2D eigenvalue weighted by Crippen LogP contribution is 2.30. The van der Waals surface area contributed by atoms with Gasteiger partial charge < -0.3 is 0 Å². The molecule has 0 radical (unpaired) electrons. The molecule has 0 spiro atoms. The van der Waals surface area contributed by atoms with E-state index in [1.807, 2.05) is 0 Å². The first kappa shape index (κ1) is 11.5. The zero-order chi connectivity index (χ0) is 12.0. The Morgan fingerprint density at radius 2 is 2.25 bits per heavy atom. The van der Waals surface area contributed by atoms with Crippen molar-refractivity contribution in [3.63, 3.8) is 0 Å². The van der Waals surface area contributed by atoms with Crippen LogP contribution in [0.25, 0.3) is 0 Å². The van der Waals surface area contributed by atoms with Gasteiger partial charge in [-0.25, -0.2) is 17.2 Å². The van der Waals surface area contributed by atoms with Crippen LogP contribution in [0.4, 0.5) is 8.78 Å². The summed E-state index contributed by atoms with van der Waals surface area (Å²) in [7, 11) is -3.06. The Morgan fingerprint density at radius 1 is 1.56 bits per heavy atom. The molecule has 1 aromatic heterocycles. The molecule has 1 aliphatic heterocycles. The van der Waals surface area contributed by atoms with Crippen LogP contribution in [0.15, 0.2) is 12.3 Å². The molecule has 0 aliphatic carbocycles. The predicted octanol–water partition coefficient (Wildman–Crippen LogP) is 1.35. The Labute approximate surface area is 92.2 Å². The van der Waals surface area contributed by atoms with E-state index in [0.717, 1.165) is 0 Å². The van der Waals surface area contributed by atoms with Gasteiger partial charge in [0.2, 0.25) is 0 Å². The van der Waals surface area contributed by atoms with Crippen LogP contribution in [0.1, 0.15) is 25.5 Å². The van der Waals surface area contributed by atoms with Gasteiger partial charge >= 0.3 is 0 Å². The third kappa shape index (κ3) is 1.95. The van der Waals surface area contributed by atoms with Gasteiger partial charge in [-0.15, -0.1) is 0 Å². The fourth-order valence-electron chi connectivity index (χ4n) is 1.93. The lowest BCUT2D eigenvalue weighted by Crippen LogP contribution is -2.31. The maximum atomic E-state index is 12.4. The summed E-state index contributed by atoms with van der Waals surface area (Å²) in [6.45, 7) is 1.72. The summed E-state index contributed by atoms with van der Waals surface area (Å²) in [5.41, 5.74) is -1.00. The summed E-state index contributed by atoms with van der Waals surface area (Å²) < 4.78 is 48.8. The van der Waals surface area contributed by atoms with E-state index in [-0.39, 0.29) is 17.2 Å². The Hall–Kier alpha value is -0.980. The Morgan fingerprint density at radius 3 is 2.69 bits per heavy atom. The van der Waals surface area contributed by atoms with Crippen LogP contribution in [-0.4, -0.2) is 29.7 Å². The quantitative estimate of drug-likeness (QED) is 0.796. The molecule has 90 valence electrons. The first-order valence-electron chi connectivity index (χ1n) is 4.87. The number of halogens is 2. The second-order valence-corrected chi connectivity index (χ2v) is 6.51. The third-order valence-electron chi connectivity index (χ3n) is 2.87. The van der Waals surface area contributed by atoms with Crippen molar-refractivity contribution in [2.75, 3.05) is 11.5 Å². The minimum absolute atomic E-state index is 0.0373. The van der Waals surface area contributed by atoms with Crippen LogP contribution >= 0.6 is 0 Å². The molecule has 1 fully saturated rings. The lowest BCUT2D eigenvalue weighted by molar-refractivity contribution is 0.143. The first-order valence-corrected chi connectivity index (χ1v) is 6.69. The van der Waals surface area contributed by atoms with Crippen molar-refractivity contribution in [2.24, 2.45) is 0 Å². The Bertz CT molecular complexity index is 497. The lowest BCUT2D eigenvalue weighted by Gasteiger charge is -2.22. The molecule has 0 aromatic carbocycles. The van der Waals surface area contributed by atoms with Crippen LogP contribution < -0.4 is 0 Å². The van der Waals surface area contributed by atoms with E-state index in [0.29, 0.717) is 6.42 Å². The number of nitrogens with zero attached hydrogens (tertiary/aromatic N) is 2. The van der Waals surface area contributed by atoms with Gasteiger partial charge in [-0.1, -0.05) is 0 Å². The normalized spacial score (nSPS) is 28.8. The molecule has 1 unspecified atom stereocenters. The van der Waals surface area contributed by atoms with Crippen molar-refractivity contribution in [1.82, 2.24) is 9.78 Å². The summed E-state index contributed by atoms with van der Waals surface area (Å²) in [5.74, 6) is 0.0533.